The van der Waals surface area contributed by atoms with Crippen LogP contribution in [-0.2, 0) is 16.1 Å². The van der Waals surface area contributed by atoms with Gasteiger partial charge in [-0.25, -0.2) is 0 Å². The summed E-state index contributed by atoms with van der Waals surface area (Å²) in [6, 6.07) is 9.98. The number of hydrogen-bond acceptors (Lipinski definition) is 3. The molecular formula is C20H27N3O2. The van der Waals surface area contributed by atoms with E-state index < -0.39 is 5.41 Å². The Morgan fingerprint density at radius 3 is 2.80 bits per heavy atom. The highest BCUT2D eigenvalue weighted by molar-refractivity contribution is 5.88. The van der Waals surface area contributed by atoms with Crippen molar-refractivity contribution in [1.82, 2.24) is 15.5 Å². The van der Waals surface area contributed by atoms with E-state index in [0.29, 0.717) is 19.4 Å². The molecule has 4 rings (SSSR count). The molecule has 134 valence electrons. The quantitative estimate of drug-likeness (QED) is 0.857. The molecule has 1 aromatic rings. The van der Waals surface area contributed by atoms with Gasteiger partial charge in [-0.2, -0.15) is 0 Å². The van der Waals surface area contributed by atoms with E-state index in [9.17, 15) is 9.59 Å². The van der Waals surface area contributed by atoms with Gasteiger partial charge in [0.1, 0.15) is 0 Å². The topological polar surface area (TPSA) is 61.4 Å². The van der Waals surface area contributed by atoms with Crippen LogP contribution >= 0.6 is 0 Å². The SMILES string of the molecule is O=C1CC[C@]2(C(=O)NCc3ccccc3)CN(CC3CC3)CC[C@H]2N1. The average molecular weight is 341 g/mol. The van der Waals surface area contributed by atoms with Crippen molar-refractivity contribution in [2.75, 3.05) is 19.6 Å². The van der Waals surface area contributed by atoms with Gasteiger partial charge in [0.2, 0.25) is 11.8 Å². The predicted octanol–water partition coefficient (Wildman–Crippen LogP) is 1.68. The maximum Gasteiger partial charge on any atom is 0.229 e. The van der Waals surface area contributed by atoms with E-state index in [1.165, 1.54) is 12.8 Å². The fourth-order valence-corrected chi connectivity index (χ4v) is 4.36. The molecule has 0 bridgehead atoms. The number of nitrogens with one attached hydrogen (secondary N) is 2. The highest BCUT2D eigenvalue weighted by Crippen LogP contribution is 2.40. The van der Waals surface area contributed by atoms with E-state index in [1.807, 2.05) is 30.3 Å². The number of hydrogen-bond donors (Lipinski definition) is 2. The summed E-state index contributed by atoms with van der Waals surface area (Å²) < 4.78 is 0. The van der Waals surface area contributed by atoms with Crippen molar-refractivity contribution in [2.24, 2.45) is 11.3 Å². The summed E-state index contributed by atoms with van der Waals surface area (Å²) in [4.78, 5) is 27.5. The van der Waals surface area contributed by atoms with Crippen LogP contribution in [0.3, 0.4) is 0 Å². The highest BCUT2D eigenvalue weighted by atomic mass is 16.2. The van der Waals surface area contributed by atoms with Crippen molar-refractivity contribution in [1.29, 1.82) is 0 Å². The van der Waals surface area contributed by atoms with Crippen molar-refractivity contribution < 1.29 is 9.59 Å². The van der Waals surface area contributed by atoms with Gasteiger partial charge in [-0.3, -0.25) is 9.59 Å². The Bertz CT molecular complexity index is 644. The molecule has 5 nitrogen and oxygen atoms in total. The van der Waals surface area contributed by atoms with Gasteiger partial charge in [0.25, 0.3) is 0 Å². The molecule has 1 saturated carbocycles. The second kappa shape index (κ2) is 6.79. The second-order valence-corrected chi connectivity index (χ2v) is 7.91. The van der Waals surface area contributed by atoms with Crippen LogP contribution in [0.25, 0.3) is 0 Å². The van der Waals surface area contributed by atoms with Gasteiger partial charge in [-0.1, -0.05) is 30.3 Å². The lowest BCUT2D eigenvalue weighted by Crippen LogP contribution is -2.66. The number of fused-ring (bicyclic) bond motifs is 1. The third kappa shape index (κ3) is 3.56. The van der Waals surface area contributed by atoms with Crippen molar-refractivity contribution in [3.8, 4) is 0 Å². The number of benzene rings is 1. The van der Waals surface area contributed by atoms with Gasteiger partial charge in [-0.05, 0) is 37.2 Å². The Hall–Kier alpha value is -1.88. The van der Waals surface area contributed by atoms with E-state index >= 15 is 0 Å². The predicted molar refractivity (Wildman–Crippen MR) is 95.7 cm³/mol. The van der Waals surface area contributed by atoms with Crippen LogP contribution < -0.4 is 10.6 Å². The van der Waals surface area contributed by atoms with Gasteiger partial charge in [0.15, 0.2) is 0 Å². The van der Waals surface area contributed by atoms with Crippen molar-refractivity contribution in [2.45, 2.75) is 44.7 Å². The third-order valence-electron chi connectivity index (χ3n) is 6.00. The standard InChI is InChI=1S/C20H27N3O2/c24-18-8-10-20(19(25)21-12-15-4-2-1-3-5-15)14-23(13-16-6-7-16)11-9-17(20)22-18/h1-5,16-17H,6-14H2,(H,21,25)(H,22,24)/t17-,20+/m1/s1. The highest BCUT2D eigenvalue weighted by Gasteiger charge is 2.52. The summed E-state index contributed by atoms with van der Waals surface area (Å²) in [5.41, 5.74) is 0.629. The molecule has 2 amide bonds. The van der Waals surface area contributed by atoms with Crippen LogP contribution in [-0.4, -0.2) is 42.4 Å². The molecule has 2 heterocycles. The van der Waals surface area contributed by atoms with Crippen molar-refractivity contribution in [3.05, 3.63) is 35.9 Å². The number of rotatable bonds is 5. The van der Waals surface area contributed by atoms with Crippen LogP contribution in [0.5, 0.6) is 0 Å². The minimum absolute atomic E-state index is 0.0278. The average Bonchev–Trinajstić information content (AvgIpc) is 3.45. The van der Waals surface area contributed by atoms with Crippen molar-refractivity contribution >= 4 is 11.8 Å². The largest absolute Gasteiger partial charge is 0.352 e. The lowest BCUT2D eigenvalue weighted by atomic mass is 9.69. The van der Waals surface area contributed by atoms with E-state index in [0.717, 1.165) is 37.5 Å². The zero-order valence-electron chi connectivity index (χ0n) is 14.7. The Morgan fingerprint density at radius 1 is 1.24 bits per heavy atom. The maximum atomic E-state index is 13.2. The zero-order valence-corrected chi connectivity index (χ0v) is 14.7. The maximum absolute atomic E-state index is 13.2. The van der Waals surface area contributed by atoms with E-state index in [1.54, 1.807) is 0 Å². The molecule has 0 spiro atoms. The first-order valence-electron chi connectivity index (χ1n) is 9.50. The van der Waals surface area contributed by atoms with E-state index in [4.69, 9.17) is 0 Å². The summed E-state index contributed by atoms with van der Waals surface area (Å²) in [7, 11) is 0. The lowest BCUT2D eigenvalue weighted by molar-refractivity contribution is -0.143. The molecule has 2 saturated heterocycles. The van der Waals surface area contributed by atoms with E-state index in [2.05, 4.69) is 15.5 Å². The van der Waals surface area contributed by atoms with Gasteiger partial charge in [0.05, 0.1) is 5.41 Å². The lowest BCUT2D eigenvalue weighted by Gasteiger charge is -2.49. The summed E-state index contributed by atoms with van der Waals surface area (Å²) >= 11 is 0. The molecule has 2 N–H and O–H groups in total. The molecule has 1 aromatic carbocycles. The molecule has 0 radical (unpaired) electrons. The van der Waals surface area contributed by atoms with E-state index in [-0.39, 0.29) is 17.9 Å². The molecule has 0 unspecified atom stereocenters. The monoisotopic (exact) mass is 341 g/mol. The van der Waals surface area contributed by atoms with Gasteiger partial charge in [-0.15, -0.1) is 0 Å². The van der Waals surface area contributed by atoms with Gasteiger partial charge < -0.3 is 15.5 Å². The smallest absolute Gasteiger partial charge is 0.229 e. The second-order valence-electron chi connectivity index (χ2n) is 7.91. The molecule has 0 aromatic heterocycles. The number of likely N-dealkylation sites (tertiary alicyclic amines) is 1. The zero-order chi connectivity index (χ0) is 17.3. The molecular weight excluding hydrogens is 314 g/mol. The fourth-order valence-electron chi connectivity index (χ4n) is 4.36. The molecule has 25 heavy (non-hydrogen) atoms. The molecule has 3 aliphatic rings. The van der Waals surface area contributed by atoms with Crippen molar-refractivity contribution in [3.63, 3.8) is 0 Å². The summed E-state index contributed by atoms with van der Waals surface area (Å²) in [6.07, 6.45) is 4.63. The molecule has 2 atom stereocenters. The fraction of sp³-hybridized carbons (Fsp3) is 0.600. The van der Waals surface area contributed by atoms with Crippen LogP contribution in [0.15, 0.2) is 30.3 Å². The molecule has 3 fully saturated rings. The summed E-state index contributed by atoms with van der Waals surface area (Å²) in [5, 5.41) is 6.25. The Balaban J connectivity index is 1.48. The van der Waals surface area contributed by atoms with Crippen LogP contribution in [0.1, 0.15) is 37.7 Å². The van der Waals surface area contributed by atoms with Gasteiger partial charge >= 0.3 is 0 Å². The third-order valence-corrected chi connectivity index (χ3v) is 6.00. The first-order chi connectivity index (χ1) is 12.2. The Kier molecular flexibility index (Phi) is 4.50. The first-order valence-corrected chi connectivity index (χ1v) is 9.50. The van der Waals surface area contributed by atoms with Crippen LogP contribution in [0.2, 0.25) is 0 Å². The summed E-state index contributed by atoms with van der Waals surface area (Å²) in [6.45, 7) is 3.41. The minimum Gasteiger partial charge on any atom is -0.352 e. The minimum atomic E-state index is -0.476. The Labute approximate surface area is 149 Å². The number of carbonyl (C=O) groups excluding carboxylic acids is 2. The first kappa shape index (κ1) is 16.6. The van der Waals surface area contributed by atoms with Crippen LogP contribution in [0.4, 0.5) is 0 Å². The molecule has 2 aliphatic heterocycles. The van der Waals surface area contributed by atoms with Crippen LogP contribution in [0, 0.1) is 11.3 Å². The molecule has 5 heteroatoms. The Morgan fingerprint density at radius 2 is 2.04 bits per heavy atom. The number of nitrogens with zero attached hydrogens (tertiary/aromatic N) is 1. The van der Waals surface area contributed by atoms with Gasteiger partial charge in [0, 0.05) is 38.6 Å². The number of amides is 2. The normalized spacial score (nSPS) is 29.6. The number of piperidine rings is 2. The number of carbonyl (C=O) groups is 2. The molecule has 1 aliphatic carbocycles. The summed E-state index contributed by atoms with van der Waals surface area (Å²) in [5.74, 6) is 1.01.